The Balaban J connectivity index is 1.34. The zero-order chi connectivity index (χ0) is 29.7. The van der Waals surface area contributed by atoms with Crippen LogP contribution in [-0.2, 0) is 48.2 Å². The number of anilines is 1. The lowest BCUT2D eigenvalue weighted by atomic mass is 9.92. The first kappa shape index (κ1) is 26.5. The minimum atomic E-state index is -0.655. The fraction of sp³-hybridized carbons (Fsp3) is 0.212. The lowest BCUT2D eigenvalue weighted by Gasteiger charge is -2.33. The van der Waals surface area contributed by atoms with Gasteiger partial charge in [0, 0.05) is 35.5 Å². The van der Waals surface area contributed by atoms with Crippen molar-refractivity contribution in [1.29, 1.82) is 0 Å². The number of imide groups is 1. The minimum Gasteiger partial charge on any atom is -0.489 e. The van der Waals surface area contributed by atoms with Gasteiger partial charge < -0.3 is 23.7 Å². The standard InChI is InChI=1S/C33H27N3O7/c1-19(37)42-18-27(38)41-14-13-35-25-12-11-22(43-17-20-7-3-2-4-8-20)16-23(25)28-29-31(33(40)34-32(29)39)36-24-10-6-5-9-21(24)15-26(36)30(28)35/h2-12,16,26H,13-15,17-18H2,1H3,(H,34,39,40). The number of esters is 2. The smallest absolute Gasteiger partial charge is 0.344 e. The van der Waals surface area contributed by atoms with Crippen LogP contribution in [0.3, 0.4) is 0 Å². The van der Waals surface area contributed by atoms with Gasteiger partial charge in [0.25, 0.3) is 11.8 Å². The van der Waals surface area contributed by atoms with E-state index in [1.807, 2.05) is 82.3 Å². The SMILES string of the molecule is CC(=O)OCC(=O)OCCn1c2c(c3cc(OCc4ccccc4)ccc31)C1=C(C(=O)NC1=O)N1c3ccccc3CC21. The quantitative estimate of drug-likeness (QED) is 0.248. The summed E-state index contributed by atoms with van der Waals surface area (Å²) in [5.74, 6) is -1.48. The molecule has 2 amide bonds. The van der Waals surface area contributed by atoms with Gasteiger partial charge in [-0.3, -0.25) is 19.7 Å². The molecule has 1 unspecified atom stereocenters. The summed E-state index contributed by atoms with van der Waals surface area (Å²) in [5.41, 5.74) is 5.97. The van der Waals surface area contributed by atoms with Crippen molar-refractivity contribution in [3.8, 4) is 5.75 Å². The highest BCUT2D eigenvalue weighted by Crippen LogP contribution is 2.53. The van der Waals surface area contributed by atoms with Gasteiger partial charge in [-0.2, -0.15) is 0 Å². The Labute approximate surface area is 246 Å². The van der Waals surface area contributed by atoms with Crippen LogP contribution in [0, 0.1) is 0 Å². The van der Waals surface area contributed by atoms with Gasteiger partial charge in [0.15, 0.2) is 6.61 Å². The molecule has 1 aromatic heterocycles. The maximum absolute atomic E-state index is 13.4. The number of nitrogens with one attached hydrogen (secondary N) is 1. The fourth-order valence-electron chi connectivity index (χ4n) is 6.28. The van der Waals surface area contributed by atoms with E-state index >= 15 is 0 Å². The monoisotopic (exact) mass is 577 g/mol. The summed E-state index contributed by atoms with van der Waals surface area (Å²) in [4.78, 5) is 51.9. The number of para-hydroxylation sites is 1. The number of carbonyl (C=O) groups is 4. The first-order valence-corrected chi connectivity index (χ1v) is 14.0. The second-order valence-corrected chi connectivity index (χ2v) is 10.6. The van der Waals surface area contributed by atoms with E-state index in [-0.39, 0.29) is 19.2 Å². The maximum Gasteiger partial charge on any atom is 0.344 e. The van der Waals surface area contributed by atoms with Gasteiger partial charge in [-0.1, -0.05) is 48.5 Å². The molecule has 4 heterocycles. The van der Waals surface area contributed by atoms with Gasteiger partial charge in [-0.05, 0) is 35.4 Å². The van der Waals surface area contributed by atoms with Gasteiger partial charge in [-0.25, -0.2) is 4.79 Å². The van der Waals surface area contributed by atoms with Crippen molar-refractivity contribution in [2.75, 3.05) is 18.1 Å². The summed E-state index contributed by atoms with van der Waals surface area (Å²) in [6.07, 6.45) is 0.626. The fourth-order valence-corrected chi connectivity index (χ4v) is 6.28. The third kappa shape index (κ3) is 4.51. The number of fused-ring (bicyclic) bond motifs is 9. The number of amides is 2. The van der Waals surface area contributed by atoms with Crippen molar-refractivity contribution in [2.24, 2.45) is 0 Å². The van der Waals surface area contributed by atoms with Crippen LogP contribution in [0.25, 0.3) is 16.5 Å². The van der Waals surface area contributed by atoms with Gasteiger partial charge in [-0.15, -0.1) is 0 Å². The highest BCUT2D eigenvalue weighted by molar-refractivity contribution is 6.39. The summed E-state index contributed by atoms with van der Waals surface area (Å²) < 4.78 is 18.3. The zero-order valence-electron chi connectivity index (χ0n) is 23.3. The normalized spacial score (nSPS) is 16.4. The van der Waals surface area contributed by atoms with Crippen LogP contribution in [0.5, 0.6) is 5.75 Å². The van der Waals surface area contributed by atoms with E-state index in [9.17, 15) is 19.2 Å². The van der Waals surface area contributed by atoms with E-state index in [0.29, 0.717) is 35.6 Å². The third-order valence-electron chi connectivity index (χ3n) is 7.98. The molecule has 0 radical (unpaired) electrons. The molecule has 0 saturated carbocycles. The molecule has 0 spiro atoms. The number of rotatable bonds is 8. The predicted molar refractivity (Wildman–Crippen MR) is 156 cm³/mol. The van der Waals surface area contributed by atoms with Crippen LogP contribution in [-0.4, -0.2) is 41.5 Å². The Morgan fingerprint density at radius 2 is 1.74 bits per heavy atom. The molecule has 10 heteroatoms. The molecule has 3 aliphatic heterocycles. The highest BCUT2D eigenvalue weighted by Gasteiger charge is 2.49. The largest absolute Gasteiger partial charge is 0.489 e. The molecule has 3 aromatic carbocycles. The summed E-state index contributed by atoms with van der Waals surface area (Å²) in [6, 6.07) is 23.1. The Kier molecular flexibility index (Phi) is 6.46. The van der Waals surface area contributed by atoms with E-state index in [1.165, 1.54) is 6.92 Å². The van der Waals surface area contributed by atoms with E-state index in [2.05, 4.69) is 5.32 Å². The van der Waals surface area contributed by atoms with E-state index in [0.717, 1.165) is 33.4 Å². The molecule has 43 heavy (non-hydrogen) atoms. The first-order chi connectivity index (χ1) is 20.9. The molecule has 1 atom stereocenters. The molecule has 10 nitrogen and oxygen atoms in total. The zero-order valence-corrected chi connectivity index (χ0v) is 23.3. The van der Waals surface area contributed by atoms with E-state index < -0.39 is 30.4 Å². The molecule has 1 N–H and O–H groups in total. The van der Waals surface area contributed by atoms with Gasteiger partial charge in [0.05, 0.1) is 23.9 Å². The number of benzene rings is 3. The lowest BCUT2D eigenvalue weighted by Crippen LogP contribution is -2.34. The van der Waals surface area contributed by atoms with Crippen LogP contribution < -0.4 is 15.0 Å². The van der Waals surface area contributed by atoms with Gasteiger partial charge in [0.2, 0.25) is 0 Å². The van der Waals surface area contributed by atoms with Crippen molar-refractivity contribution in [3.05, 3.63) is 101 Å². The summed E-state index contributed by atoms with van der Waals surface area (Å²) >= 11 is 0. The van der Waals surface area contributed by atoms with Crippen LogP contribution in [0.1, 0.15) is 35.3 Å². The molecule has 0 aliphatic carbocycles. The molecule has 0 bridgehead atoms. The van der Waals surface area contributed by atoms with Crippen molar-refractivity contribution < 1.29 is 33.4 Å². The van der Waals surface area contributed by atoms with Crippen molar-refractivity contribution in [1.82, 2.24) is 9.88 Å². The van der Waals surface area contributed by atoms with E-state index in [4.69, 9.17) is 14.2 Å². The number of aromatic nitrogens is 1. The van der Waals surface area contributed by atoms with Crippen LogP contribution in [0.15, 0.2) is 78.5 Å². The van der Waals surface area contributed by atoms with E-state index in [1.54, 1.807) is 0 Å². The molecule has 7 rings (SSSR count). The van der Waals surface area contributed by atoms with Crippen LogP contribution in [0.2, 0.25) is 0 Å². The summed E-state index contributed by atoms with van der Waals surface area (Å²) in [5, 5.41) is 3.28. The molecular weight excluding hydrogens is 550 g/mol. The van der Waals surface area contributed by atoms with Crippen LogP contribution >= 0.6 is 0 Å². The Hall–Kier alpha value is -5.38. The van der Waals surface area contributed by atoms with Gasteiger partial charge >= 0.3 is 11.9 Å². The number of hydrogen-bond acceptors (Lipinski definition) is 8. The maximum atomic E-state index is 13.4. The number of carbonyl (C=O) groups excluding carboxylic acids is 4. The predicted octanol–water partition coefficient (Wildman–Crippen LogP) is 3.81. The average Bonchev–Trinajstić information content (AvgIpc) is 3.64. The highest BCUT2D eigenvalue weighted by atomic mass is 16.6. The molecule has 3 aliphatic rings. The lowest BCUT2D eigenvalue weighted by molar-refractivity contribution is -0.157. The molecule has 0 saturated heterocycles. The van der Waals surface area contributed by atoms with Gasteiger partial charge in [0.1, 0.15) is 24.7 Å². The third-order valence-corrected chi connectivity index (χ3v) is 7.98. The number of nitrogens with zero attached hydrogens (tertiary/aromatic N) is 2. The Bertz CT molecular complexity index is 1860. The summed E-state index contributed by atoms with van der Waals surface area (Å²) in [6.45, 7) is 1.42. The number of ether oxygens (including phenoxy) is 3. The first-order valence-electron chi connectivity index (χ1n) is 14.0. The Morgan fingerprint density at radius 1 is 0.953 bits per heavy atom. The van der Waals surface area contributed by atoms with Crippen molar-refractivity contribution in [2.45, 2.75) is 32.5 Å². The molecule has 0 fully saturated rings. The topological polar surface area (TPSA) is 116 Å². The second-order valence-electron chi connectivity index (χ2n) is 10.6. The minimum absolute atomic E-state index is 0.0132. The second kappa shape index (κ2) is 10.5. The molecule has 4 aromatic rings. The van der Waals surface area contributed by atoms with Crippen LogP contribution in [0.4, 0.5) is 5.69 Å². The molecule has 216 valence electrons. The Morgan fingerprint density at radius 3 is 2.56 bits per heavy atom. The molecular formula is C33H27N3O7. The number of hydrogen-bond donors (Lipinski definition) is 1. The van der Waals surface area contributed by atoms with Crippen molar-refractivity contribution >= 4 is 45.9 Å². The van der Waals surface area contributed by atoms with Crippen molar-refractivity contribution in [3.63, 3.8) is 0 Å². The average molecular weight is 578 g/mol. The summed E-state index contributed by atoms with van der Waals surface area (Å²) in [7, 11) is 0.